The third-order valence-electron chi connectivity index (χ3n) is 3.29. The normalized spacial score (nSPS) is 23.8. The second kappa shape index (κ2) is 5.29. The first-order valence-electron chi connectivity index (χ1n) is 6.46. The van der Waals surface area contributed by atoms with Crippen LogP contribution in [0.1, 0.15) is 20.3 Å². The molecule has 0 radical (unpaired) electrons. The number of nitrogens with two attached hydrogens (primary N) is 1. The van der Waals surface area contributed by atoms with E-state index in [4.69, 9.17) is 5.73 Å². The molecule has 0 bridgehead atoms. The molecule has 4 nitrogen and oxygen atoms in total. The van der Waals surface area contributed by atoms with Crippen LogP contribution < -0.4 is 11.1 Å². The first kappa shape index (κ1) is 12.7. The zero-order valence-electron chi connectivity index (χ0n) is 11.0. The first-order chi connectivity index (χ1) is 8.54. The van der Waals surface area contributed by atoms with Crippen LogP contribution in [0.15, 0.2) is 24.3 Å². The fraction of sp³-hybridized carbons (Fsp3) is 0.500. The Morgan fingerprint density at radius 2 is 2.00 bits per heavy atom. The highest BCUT2D eigenvalue weighted by atomic mass is 16.2. The molecule has 1 aliphatic rings. The maximum atomic E-state index is 12.1. The number of piperidine rings is 1. The van der Waals surface area contributed by atoms with E-state index in [2.05, 4.69) is 19.2 Å². The Bertz CT molecular complexity index is 423. The van der Waals surface area contributed by atoms with E-state index in [1.807, 2.05) is 17.0 Å². The molecule has 1 aromatic carbocycles. The summed E-state index contributed by atoms with van der Waals surface area (Å²) in [7, 11) is 0. The van der Waals surface area contributed by atoms with E-state index in [1.54, 1.807) is 12.1 Å². The zero-order valence-corrected chi connectivity index (χ0v) is 11.0. The molecular weight excluding hydrogens is 226 g/mol. The molecule has 1 fully saturated rings. The molecular formula is C14H21N3O. The quantitative estimate of drug-likeness (QED) is 0.750. The lowest BCUT2D eigenvalue weighted by Gasteiger charge is -2.34. The van der Waals surface area contributed by atoms with Gasteiger partial charge in [0.05, 0.1) is 0 Å². The van der Waals surface area contributed by atoms with Crippen LogP contribution in [-0.4, -0.2) is 24.0 Å². The Balaban J connectivity index is 1.99. The molecule has 18 heavy (non-hydrogen) atoms. The second-order valence-corrected chi connectivity index (χ2v) is 5.41. The maximum absolute atomic E-state index is 12.1. The highest BCUT2D eigenvalue weighted by molar-refractivity contribution is 5.89. The van der Waals surface area contributed by atoms with E-state index < -0.39 is 0 Å². The predicted molar refractivity (Wildman–Crippen MR) is 74.4 cm³/mol. The molecule has 3 N–H and O–H groups in total. The summed E-state index contributed by atoms with van der Waals surface area (Å²) in [6.45, 7) is 6.05. The Morgan fingerprint density at radius 3 is 2.61 bits per heavy atom. The average Bonchev–Trinajstić information content (AvgIpc) is 2.27. The number of carbonyl (C=O) groups is 1. The summed E-state index contributed by atoms with van der Waals surface area (Å²) < 4.78 is 0. The molecule has 2 amide bonds. The van der Waals surface area contributed by atoms with E-state index in [9.17, 15) is 4.79 Å². The summed E-state index contributed by atoms with van der Waals surface area (Å²) in [5.41, 5.74) is 7.11. The van der Waals surface area contributed by atoms with E-state index in [-0.39, 0.29) is 6.03 Å². The van der Waals surface area contributed by atoms with Crippen molar-refractivity contribution >= 4 is 17.4 Å². The van der Waals surface area contributed by atoms with Gasteiger partial charge in [0.15, 0.2) is 0 Å². The minimum absolute atomic E-state index is 0.0287. The molecule has 0 aromatic heterocycles. The molecule has 4 heteroatoms. The van der Waals surface area contributed by atoms with Gasteiger partial charge in [0.2, 0.25) is 0 Å². The van der Waals surface area contributed by atoms with Crippen molar-refractivity contribution in [3.8, 4) is 0 Å². The van der Waals surface area contributed by atoms with Crippen molar-refractivity contribution < 1.29 is 4.79 Å². The number of amides is 2. The minimum atomic E-state index is -0.0287. The van der Waals surface area contributed by atoms with Gasteiger partial charge in [-0.1, -0.05) is 19.9 Å². The molecule has 98 valence electrons. The van der Waals surface area contributed by atoms with Crippen molar-refractivity contribution in [3.05, 3.63) is 24.3 Å². The minimum Gasteiger partial charge on any atom is -0.399 e. The van der Waals surface area contributed by atoms with Crippen molar-refractivity contribution in [2.45, 2.75) is 20.3 Å². The number of hydrogen-bond acceptors (Lipinski definition) is 2. The number of carbonyl (C=O) groups excluding carboxylic acids is 1. The molecule has 2 unspecified atom stereocenters. The van der Waals surface area contributed by atoms with Crippen LogP contribution in [0.25, 0.3) is 0 Å². The predicted octanol–water partition coefficient (Wildman–Crippen LogP) is 2.78. The monoisotopic (exact) mass is 247 g/mol. The van der Waals surface area contributed by atoms with Gasteiger partial charge < -0.3 is 16.0 Å². The molecule has 2 rings (SSSR count). The van der Waals surface area contributed by atoms with Crippen molar-refractivity contribution in [1.82, 2.24) is 4.90 Å². The number of nitrogens with one attached hydrogen (secondary N) is 1. The Labute approximate surface area is 108 Å². The van der Waals surface area contributed by atoms with E-state index >= 15 is 0 Å². The van der Waals surface area contributed by atoms with Crippen LogP contribution in [0.2, 0.25) is 0 Å². The Morgan fingerprint density at radius 1 is 1.33 bits per heavy atom. The molecule has 1 aliphatic heterocycles. The molecule has 2 atom stereocenters. The van der Waals surface area contributed by atoms with E-state index in [0.29, 0.717) is 17.5 Å². The van der Waals surface area contributed by atoms with E-state index in [0.717, 1.165) is 18.8 Å². The van der Waals surface area contributed by atoms with Crippen molar-refractivity contribution in [3.63, 3.8) is 0 Å². The lowest BCUT2D eigenvalue weighted by atomic mass is 9.92. The van der Waals surface area contributed by atoms with Crippen molar-refractivity contribution in [2.75, 3.05) is 24.1 Å². The van der Waals surface area contributed by atoms with Gasteiger partial charge in [0.1, 0.15) is 0 Å². The number of hydrogen-bond donors (Lipinski definition) is 2. The van der Waals surface area contributed by atoms with Crippen LogP contribution in [-0.2, 0) is 0 Å². The number of nitrogens with zero attached hydrogens (tertiary/aromatic N) is 1. The van der Waals surface area contributed by atoms with Gasteiger partial charge in [0, 0.05) is 24.5 Å². The Hall–Kier alpha value is -1.71. The lowest BCUT2D eigenvalue weighted by molar-refractivity contribution is 0.156. The van der Waals surface area contributed by atoms with Gasteiger partial charge in [-0.2, -0.15) is 0 Å². The number of rotatable bonds is 1. The Kier molecular flexibility index (Phi) is 3.75. The maximum Gasteiger partial charge on any atom is 0.321 e. The fourth-order valence-corrected chi connectivity index (χ4v) is 2.65. The number of anilines is 2. The summed E-state index contributed by atoms with van der Waals surface area (Å²) in [6, 6.07) is 7.24. The summed E-state index contributed by atoms with van der Waals surface area (Å²) in [5, 5.41) is 2.90. The molecule has 1 saturated heterocycles. The van der Waals surface area contributed by atoms with Crippen LogP contribution >= 0.6 is 0 Å². The second-order valence-electron chi connectivity index (χ2n) is 5.41. The van der Waals surface area contributed by atoms with Crippen LogP contribution in [0.3, 0.4) is 0 Å². The number of likely N-dealkylation sites (tertiary alicyclic amines) is 1. The third-order valence-corrected chi connectivity index (χ3v) is 3.29. The lowest BCUT2D eigenvalue weighted by Crippen LogP contribution is -2.44. The summed E-state index contributed by atoms with van der Waals surface area (Å²) in [5.74, 6) is 1.14. The third kappa shape index (κ3) is 3.15. The first-order valence-corrected chi connectivity index (χ1v) is 6.46. The highest BCUT2D eigenvalue weighted by Gasteiger charge is 2.25. The van der Waals surface area contributed by atoms with Gasteiger partial charge in [-0.3, -0.25) is 0 Å². The largest absolute Gasteiger partial charge is 0.399 e. The van der Waals surface area contributed by atoms with Crippen LogP contribution in [0.4, 0.5) is 16.2 Å². The summed E-state index contributed by atoms with van der Waals surface area (Å²) in [4.78, 5) is 14.0. The SMILES string of the molecule is CC1CC(C)CN(C(=O)Nc2cccc(N)c2)C1. The summed E-state index contributed by atoms with van der Waals surface area (Å²) in [6.07, 6.45) is 1.20. The van der Waals surface area contributed by atoms with Crippen molar-refractivity contribution in [1.29, 1.82) is 0 Å². The van der Waals surface area contributed by atoms with Crippen LogP contribution in [0.5, 0.6) is 0 Å². The average molecular weight is 247 g/mol. The standard InChI is InChI=1S/C14H21N3O/c1-10-6-11(2)9-17(8-10)14(18)16-13-5-3-4-12(15)7-13/h3-5,7,10-11H,6,8-9,15H2,1-2H3,(H,16,18). The van der Waals surface area contributed by atoms with E-state index in [1.165, 1.54) is 6.42 Å². The number of urea groups is 1. The molecule has 0 spiro atoms. The number of nitrogen functional groups attached to an aromatic ring is 1. The van der Waals surface area contributed by atoms with Crippen molar-refractivity contribution in [2.24, 2.45) is 11.8 Å². The smallest absolute Gasteiger partial charge is 0.321 e. The molecule has 1 aromatic rings. The van der Waals surface area contributed by atoms with Gasteiger partial charge in [-0.25, -0.2) is 4.79 Å². The fourth-order valence-electron chi connectivity index (χ4n) is 2.65. The molecule has 1 heterocycles. The van der Waals surface area contributed by atoms with Crippen LogP contribution in [0, 0.1) is 11.8 Å². The van der Waals surface area contributed by atoms with Gasteiger partial charge in [-0.05, 0) is 36.5 Å². The number of benzene rings is 1. The molecule has 0 aliphatic carbocycles. The topological polar surface area (TPSA) is 58.4 Å². The zero-order chi connectivity index (χ0) is 13.1. The molecule has 0 saturated carbocycles. The highest BCUT2D eigenvalue weighted by Crippen LogP contribution is 2.22. The van der Waals surface area contributed by atoms with Gasteiger partial charge in [-0.15, -0.1) is 0 Å². The van der Waals surface area contributed by atoms with Gasteiger partial charge >= 0.3 is 6.03 Å². The summed E-state index contributed by atoms with van der Waals surface area (Å²) >= 11 is 0. The van der Waals surface area contributed by atoms with Gasteiger partial charge in [0.25, 0.3) is 0 Å².